The Morgan fingerprint density at radius 1 is 0.957 bits per heavy atom. The van der Waals surface area contributed by atoms with Crippen LogP contribution in [0.1, 0.15) is 5.56 Å². The number of aryl methyl sites for hydroxylation is 1. The number of rotatable bonds is 1. The van der Waals surface area contributed by atoms with Crippen LogP contribution in [0.15, 0.2) is 48.5 Å². The molecule has 0 atom stereocenters. The lowest BCUT2D eigenvalue weighted by atomic mass is 10.1. The molecule has 0 N–H and O–H groups in total. The first-order valence-electron chi connectivity index (χ1n) is 7.28. The van der Waals surface area contributed by atoms with Gasteiger partial charge >= 0.3 is 0 Å². The number of hydrogen-bond acceptors (Lipinski definition) is 5. The van der Waals surface area contributed by atoms with Gasteiger partial charge in [0.05, 0.1) is 5.52 Å². The molecular formula is C17H11N5S. The van der Waals surface area contributed by atoms with E-state index in [1.165, 1.54) is 11.3 Å². The van der Waals surface area contributed by atoms with Crippen LogP contribution in [0.4, 0.5) is 0 Å². The highest BCUT2D eigenvalue weighted by atomic mass is 32.1. The van der Waals surface area contributed by atoms with E-state index in [2.05, 4.69) is 28.2 Å². The third-order valence-electron chi connectivity index (χ3n) is 3.97. The fraction of sp³-hybridized carbons (Fsp3) is 0.0588. The van der Waals surface area contributed by atoms with Gasteiger partial charge in [0.25, 0.3) is 0 Å². The average Bonchev–Trinajstić information content (AvgIpc) is 3.14. The second-order valence-corrected chi connectivity index (χ2v) is 6.37. The van der Waals surface area contributed by atoms with Crippen molar-refractivity contribution in [3.8, 4) is 22.1 Å². The van der Waals surface area contributed by atoms with E-state index in [4.69, 9.17) is 5.10 Å². The third-order valence-corrected chi connectivity index (χ3v) is 4.88. The molecule has 0 saturated carbocycles. The molecule has 0 amide bonds. The van der Waals surface area contributed by atoms with E-state index in [1.807, 2.05) is 47.0 Å². The Kier molecular flexibility index (Phi) is 2.51. The summed E-state index contributed by atoms with van der Waals surface area (Å²) in [4.78, 5) is 5.39. The van der Waals surface area contributed by atoms with E-state index >= 15 is 0 Å². The fourth-order valence-electron chi connectivity index (χ4n) is 2.81. The Morgan fingerprint density at radius 3 is 2.70 bits per heavy atom. The van der Waals surface area contributed by atoms with Crippen molar-refractivity contribution in [3.05, 3.63) is 54.1 Å². The predicted octanol–water partition coefficient (Wildman–Crippen LogP) is 3.81. The molecule has 0 bridgehead atoms. The SMILES string of the molecule is Cc1ccccc1-c1nnc2sc3nc4ccccc4c-3nn12. The maximum atomic E-state index is 4.78. The molecule has 2 aromatic carbocycles. The lowest BCUT2D eigenvalue weighted by Gasteiger charge is -2.04. The van der Waals surface area contributed by atoms with Crippen LogP contribution in [-0.2, 0) is 0 Å². The van der Waals surface area contributed by atoms with Crippen molar-refractivity contribution in [3.63, 3.8) is 0 Å². The van der Waals surface area contributed by atoms with Crippen LogP contribution >= 0.6 is 11.3 Å². The second kappa shape index (κ2) is 4.57. The molecule has 2 aliphatic rings. The van der Waals surface area contributed by atoms with E-state index < -0.39 is 0 Å². The smallest absolute Gasteiger partial charge is 0.235 e. The zero-order chi connectivity index (χ0) is 15.4. The van der Waals surface area contributed by atoms with E-state index in [0.29, 0.717) is 0 Å². The topological polar surface area (TPSA) is 56.0 Å². The molecule has 0 aliphatic carbocycles. The Hall–Kier alpha value is -2.86. The van der Waals surface area contributed by atoms with Gasteiger partial charge < -0.3 is 0 Å². The minimum Gasteiger partial charge on any atom is -0.235 e. The highest BCUT2D eigenvalue weighted by molar-refractivity contribution is 7.19. The highest BCUT2D eigenvalue weighted by Crippen LogP contribution is 2.34. The van der Waals surface area contributed by atoms with Crippen LogP contribution in [-0.4, -0.2) is 24.8 Å². The predicted molar refractivity (Wildman–Crippen MR) is 90.8 cm³/mol. The Labute approximate surface area is 135 Å². The molecule has 5 rings (SSSR count). The van der Waals surface area contributed by atoms with Crippen molar-refractivity contribution in [2.24, 2.45) is 0 Å². The van der Waals surface area contributed by atoms with Crippen LogP contribution < -0.4 is 0 Å². The molecule has 1 aromatic heterocycles. The van der Waals surface area contributed by atoms with Gasteiger partial charge in [-0.05, 0) is 18.6 Å². The van der Waals surface area contributed by atoms with E-state index in [9.17, 15) is 0 Å². The van der Waals surface area contributed by atoms with Crippen LogP contribution in [0.25, 0.3) is 38.0 Å². The van der Waals surface area contributed by atoms with Gasteiger partial charge in [0.2, 0.25) is 4.96 Å². The van der Waals surface area contributed by atoms with Gasteiger partial charge in [0, 0.05) is 10.9 Å². The Morgan fingerprint density at radius 2 is 1.78 bits per heavy atom. The first-order chi connectivity index (χ1) is 11.3. The van der Waals surface area contributed by atoms with Crippen LogP contribution in [0.2, 0.25) is 0 Å². The summed E-state index contributed by atoms with van der Waals surface area (Å²) in [5.41, 5.74) is 4.06. The van der Waals surface area contributed by atoms with Crippen LogP contribution in [0.3, 0.4) is 0 Å². The largest absolute Gasteiger partial charge is 0.235 e. The summed E-state index contributed by atoms with van der Waals surface area (Å²) in [7, 11) is 0. The number of benzene rings is 2. The van der Waals surface area contributed by atoms with Gasteiger partial charge in [-0.1, -0.05) is 53.8 Å². The van der Waals surface area contributed by atoms with Gasteiger partial charge in [0.15, 0.2) is 5.82 Å². The van der Waals surface area contributed by atoms with Crippen molar-refractivity contribution < 1.29 is 0 Å². The summed E-state index contributed by atoms with van der Waals surface area (Å²) in [6.07, 6.45) is 0. The molecule has 23 heavy (non-hydrogen) atoms. The fourth-order valence-corrected chi connectivity index (χ4v) is 3.67. The minimum atomic E-state index is 0.749. The van der Waals surface area contributed by atoms with Crippen LogP contribution in [0, 0.1) is 6.92 Å². The molecular weight excluding hydrogens is 306 g/mol. The Balaban J connectivity index is 1.88. The number of aromatic nitrogens is 5. The molecule has 5 nitrogen and oxygen atoms in total. The molecule has 0 spiro atoms. The van der Waals surface area contributed by atoms with Gasteiger partial charge in [-0.2, -0.15) is 9.61 Å². The van der Waals surface area contributed by atoms with Crippen molar-refractivity contribution in [1.82, 2.24) is 24.8 Å². The summed E-state index contributed by atoms with van der Waals surface area (Å²) in [6, 6.07) is 16.2. The zero-order valence-corrected chi connectivity index (χ0v) is 13.1. The Bertz CT molecular complexity index is 1140. The quantitative estimate of drug-likeness (QED) is 0.472. The lowest BCUT2D eigenvalue weighted by Crippen LogP contribution is -1.97. The summed E-state index contributed by atoms with van der Waals surface area (Å²) in [5, 5.41) is 15.4. The number of para-hydroxylation sites is 1. The van der Waals surface area contributed by atoms with E-state index in [1.54, 1.807) is 0 Å². The maximum absolute atomic E-state index is 4.78. The first-order valence-corrected chi connectivity index (χ1v) is 8.09. The summed E-state index contributed by atoms with van der Waals surface area (Å²) in [5.74, 6) is 0.765. The lowest BCUT2D eigenvalue weighted by molar-refractivity contribution is 0.955. The molecule has 110 valence electrons. The maximum Gasteiger partial charge on any atom is 0.235 e. The van der Waals surface area contributed by atoms with Gasteiger partial charge in [-0.15, -0.1) is 10.2 Å². The van der Waals surface area contributed by atoms with E-state index in [0.717, 1.165) is 43.5 Å². The van der Waals surface area contributed by atoms with Gasteiger partial charge in [-0.25, -0.2) is 4.98 Å². The van der Waals surface area contributed by atoms with Crippen molar-refractivity contribution in [1.29, 1.82) is 0 Å². The molecule has 3 heterocycles. The van der Waals surface area contributed by atoms with Gasteiger partial charge in [0.1, 0.15) is 10.7 Å². The zero-order valence-electron chi connectivity index (χ0n) is 12.3. The second-order valence-electron chi connectivity index (χ2n) is 5.42. The first kappa shape index (κ1) is 12.7. The standard InChI is InChI=1S/C17H11N5S/c1-10-6-2-3-7-11(10)15-19-20-17-22(15)21-14-12-8-4-5-9-13(12)18-16(14)23-17/h2-9H,1H3. The molecule has 0 radical (unpaired) electrons. The monoisotopic (exact) mass is 317 g/mol. The normalized spacial score (nSPS) is 11.7. The van der Waals surface area contributed by atoms with E-state index in [-0.39, 0.29) is 0 Å². The summed E-state index contributed by atoms with van der Waals surface area (Å²) >= 11 is 1.51. The van der Waals surface area contributed by atoms with Crippen molar-refractivity contribution in [2.45, 2.75) is 6.92 Å². The van der Waals surface area contributed by atoms with Crippen molar-refractivity contribution >= 4 is 27.2 Å². The molecule has 0 fully saturated rings. The minimum absolute atomic E-state index is 0.749. The number of nitrogens with zero attached hydrogens (tertiary/aromatic N) is 5. The summed E-state index contributed by atoms with van der Waals surface area (Å²) in [6.45, 7) is 2.07. The number of fused-ring (bicyclic) bond motifs is 4. The summed E-state index contributed by atoms with van der Waals surface area (Å²) < 4.78 is 1.82. The van der Waals surface area contributed by atoms with Gasteiger partial charge in [-0.3, -0.25) is 0 Å². The molecule has 2 aliphatic heterocycles. The average molecular weight is 317 g/mol. The molecule has 0 unspecified atom stereocenters. The third kappa shape index (κ3) is 1.78. The van der Waals surface area contributed by atoms with Crippen molar-refractivity contribution in [2.75, 3.05) is 0 Å². The molecule has 6 heteroatoms. The van der Waals surface area contributed by atoms with Crippen LogP contribution in [0.5, 0.6) is 0 Å². The highest BCUT2D eigenvalue weighted by Gasteiger charge is 2.19. The molecule has 0 saturated heterocycles. The number of hydrogen-bond donors (Lipinski definition) is 0. The molecule has 3 aromatic rings.